The monoisotopic (exact) mass is 358 g/mol. The first-order chi connectivity index (χ1) is 12.1. The van der Waals surface area contributed by atoms with Gasteiger partial charge < -0.3 is 14.8 Å². The van der Waals surface area contributed by atoms with E-state index in [2.05, 4.69) is 15.7 Å². The maximum Gasteiger partial charge on any atom is 0.262 e. The van der Waals surface area contributed by atoms with Crippen molar-refractivity contribution in [1.82, 2.24) is 4.98 Å². The third-order valence-electron chi connectivity index (χ3n) is 3.52. The van der Waals surface area contributed by atoms with Crippen LogP contribution in [0, 0.1) is 6.92 Å². The molecule has 1 aromatic heterocycles. The number of carbonyl (C=O) groups is 1. The molecule has 130 valence electrons. The van der Waals surface area contributed by atoms with Gasteiger partial charge in [-0.25, -0.2) is 10.8 Å². The van der Waals surface area contributed by atoms with Crippen LogP contribution in [-0.2, 0) is 4.79 Å². The summed E-state index contributed by atoms with van der Waals surface area (Å²) in [5.41, 5.74) is 5.06. The second-order valence-electron chi connectivity index (χ2n) is 5.32. The lowest BCUT2D eigenvalue weighted by atomic mass is 10.2. The average Bonchev–Trinajstić information content (AvgIpc) is 3.04. The molecule has 25 heavy (non-hydrogen) atoms. The van der Waals surface area contributed by atoms with Crippen molar-refractivity contribution in [3.8, 4) is 11.5 Å². The largest absolute Gasteiger partial charge is 0.497 e. The molecule has 0 saturated carbocycles. The number of nitrogen functional groups attached to an aromatic ring is 1. The van der Waals surface area contributed by atoms with Crippen LogP contribution >= 0.6 is 11.3 Å². The number of carbonyl (C=O) groups excluding carboxylic acids is 1. The quantitative estimate of drug-likeness (QED) is 0.463. The zero-order valence-corrected chi connectivity index (χ0v) is 14.6. The number of anilines is 2. The molecular weight excluding hydrogens is 340 g/mol. The van der Waals surface area contributed by atoms with Crippen molar-refractivity contribution in [1.29, 1.82) is 0 Å². The Balaban J connectivity index is 1.64. The number of nitrogens with two attached hydrogens (primary N) is 1. The summed E-state index contributed by atoms with van der Waals surface area (Å²) >= 11 is 1.42. The molecule has 1 heterocycles. The van der Waals surface area contributed by atoms with E-state index in [9.17, 15) is 4.79 Å². The van der Waals surface area contributed by atoms with Gasteiger partial charge in [0, 0.05) is 5.69 Å². The van der Waals surface area contributed by atoms with Crippen LogP contribution in [0.2, 0.25) is 0 Å². The van der Waals surface area contributed by atoms with E-state index in [-0.39, 0.29) is 12.5 Å². The molecule has 2 aromatic carbocycles. The third-order valence-corrected chi connectivity index (χ3v) is 4.46. The predicted octanol–water partition coefficient (Wildman–Crippen LogP) is 2.92. The summed E-state index contributed by atoms with van der Waals surface area (Å²) in [5.74, 6) is 6.49. The summed E-state index contributed by atoms with van der Waals surface area (Å²) in [4.78, 5) is 16.5. The van der Waals surface area contributed by atoms with Gasteiger partial charge in [0.15, 0.2) is 11.7 Å². The van der Waals surface area contributed by atoms with Crippen LogP contribution < -0.4 is 26.1 Å². The second-order valence-corrected chi connectivity index (χ2v) is 6.35. The highest BCUT2D eigenvalue weighted by molar-refractivity contribution is 7.22. The van der Waals surface area contributed by atoms with Crippen LogP contribution in [0.15, 0.2) is 36.4 Å². The van der Waals surface area contributed by atoms with Gasteiger partial charge in [-0.1, -0.05) is 11.3 Å². The zero-order valence-electron chi connectivity index (χ0n) is 13.8. The molecule has 8 heteroatoms. The number of hydrogen-bond acceptors (Lipinski definition) is 7. The van der Waals surface area contributed by atoms with Gasteiger partial charge in [-0.2, -0.15) is 0 Å². The Kier molecular flexibility index (Phi) is 5.01. The van der Waals surface area contributed by atoms with Crippen molar-refractivity contribution in [2.24, 2.45) is 5.84 Å². The van der Waals surface area contributed by atoms with E-state index in [4.69, 9.17) is 15.3 Å². The number of nitrogens with one attached hydrogen (secondary N) is 2. The van der Waals surface area contributed by atoms with Gasteiger partial charge in [0.05, 0.1) is 17.3 Å². The number of aromatic nitrogens is 1. The lowest BCUT2D eigenvalue weighted by Gasteiger charge is -2.09. The Morgan fingerprint density at radius 1 is 1.24 bits per heavy atom. The molecule has 0 atom stereocenters. The fourth-order valence-corrected chi connectivity index (χ4v) is 3.24. The van der Waals surface area contributed by atoms with E-state index < -0.39 is 0 Å². The van der Waals surface area contributed by atoms with Crippen molar-refractivity contribution >= 4 is 38.3 Å². The molecule has 0 saturated heterocycles. The van der Waals surface area contributed by atoms with Crippen LogP contribution in [0.1, 0.15) is 5.56 Å². The number of thiazole rings is 1. The molecule has 0 spiro atoms. The topological polar surface area (TPSA) is 98.5 Å². The summed E-state index contributed by atoms with van der Waals surface area (Å²) in [6.07, 6.45) is 0. The second kappa shape index (κ2) is 7.37. The maximum atomic E-state index is 12.1. The van der Waals surface area contributed by atoms with E-state index in [1.165, 1.54) is 11.3 Å². The number of hydrazine groups is 1. The van der Waals surface area contributed by atoms with Gasteiger partial charge in [0.1, 0.15) is 11.5 Å². The predicted molar refractivity (Wildman–Crippen MR) is 99.3 cm³/mol. The highest BCUT2D eigenvalue weighted by Crippen LogP contribution is 2.30. The van der Waals surface area contributed by atoms with Crippen LogP contribution in [0.25, 0.3) is 10.2 Å². The van der Waals surface area contributed by atoms with Crippen LogP contribution in [-0.4, -0.2) is 24.6 Å². The molecule has 3 rings (SSSR count). The summed E-state index contributed by atoms with van der Waals surface area (Å²) < 4.78 is 11.5. The number of amides is 1. The third kappa shape index (κ3) is 3.98. The lowest BCUT2D eigenvalue weighted by molar-refractivity contribution is -0.118. The van der Waals surface area contributed by atoms with Crippen LogP contribution in [0.5, 0.6) is 11.5 Å². The zero-order chi connectivity index (χ0) is 17.8. The molecule has 0 fully saturated rings. The Morgan fingerprint density at radius 2 is 1.96 bits per heavy atom. The molecule has 0 unspecified atom stereocenters. The van der Waals surface area contributed by atoms with Crippen LogP contribution in [0.3, 0.4) is 0 Å². The lowest BCUT2D eigenvalue weighted by Crippen LogP contribution is -2.20. The van der Waals surface area contributed by atoms with Gasteiger partial charge >= 0.3 is 0 Å². The maximum absolute atomic E-state index is 12.1. The van der Waals surface area contributed by atoms with Gasteiger partial charge in [-0.3, -0.25) is 10.2 Å². The van der Waals surface area contributed by atoms with Crippen molar-refractivity contribution in [3.05, 3.63) is 42.0 Å². The molecule has 4 N–H and O–H groups in total. The molecule has 0 bridgehead atoms. The van der Waals surface area contributed by atoms with Crippen molar-refractivity contribution in [2.45, 2.75) is 6.92 Å². The van der Waals surface area contributed by atoms with Gasteiger partial charge in [0.25, 0.3) is 5.91 Å². The van der Waals surface area contributed by atoms with Gasteiger partial charge in [-0.05, 0) is 48.9 Å². The Bertz CT molecular complexity index is 893. The number of methoxy groups -OCH3 is 1. The Morgan fingerprint density at radius 3 is 2.64 bits per heavy atom. The highest BCUT2D eigenvalue weighted by atomic mass is 32.1. The Labute approximate surface area is 148 Å². The smallest absolute Gasteiger partial charge is 0.262 e. The van der Waals surface area contributed by atoms with Crippen molar-refractivity contribution in [3.63, 3.8) is 0 Å². The standard InChI is InChI=1S/C17H18N4O3S/c1-10-7-11(8-14-16(10)20-17(21-18)25-14)19-15(22)9-24-13-5-3-12(23-2)4-6-13/h3-8H,9,18H2,1-2H3,(H,19,22)(H,20,21). The van der Waals surface area contributed by atoms with E-state index in [1.54, 1.807) is 31.4 Å². The molecule has 0 aliphatic rings. The van der Waals surface area contributed by atoms with E-state index >= 15 is 0 Å². The summed E-state index contributed by atoms with van der Waals surface area (Å²) in [6, 6.07) is 10.8. The minimum Gasteiger partial charge on any atom is -0.497 e. The molecule has 0 radical (unpaired) electrons. The van der Waals surface area contributed by atoms with E-state index in [1.807, 2.05) is 19.1 Å². The van der Waals surface area contributed by atoms with E-state index in [0.717, 1.165) is 21.5 Å². The summed E-state index contributed by atoms with van der Waals surface area (Å²) in [5, 5.41) is 3.46. The highest BCUT2D eigenvalue weighted by Gasteiger charge is 2.10. The average molecular weight is 358 g/mol. The summed E-state index contributed by atoms with van der Waals surface area (Å²) in [7, 11) is 1.60. The number of ether oxygens (including phenoxy) is 2. The first kappa shape index (κ1) is 17.0. The number of benzene rings is 2. The van der Waals surface area contributed by atoms with Crippen molar-refractivity contribution in [2.75, 3.05) is 24.5 Å². The fraction of sp³-hybridized carbons (Fsp3) is 0.176. The normalized spacial score (nSPS) is 10.5. The minimum atomic E-state index is -0.240. The molecular formula is C17H18N4O3S. The first-order valence-corrected chi connectivity index (χ1v) is 8.35. The number of fused-ring (bicyclic) bond motifs is 1. The number of aryl methyl sites for hydroxylation is 1. The van der Waals surface area contributed by atoms with E-state index in [0.29, 0.717) is 16.6 Å². The first-order valence-electron chi connectivity index (χ1n) is 7.53. The minimum absolute atomic E-state index is 0.0816. The SMILES string of the molecule is COc1ccc(OCC(=O)Nc2cc(C)c3nc(NN)sc3c2)cc1. The molecule has 0 aliphatic heterocycles. The number of nitrogens with zero attached hydrogens (tertiary/aromatic N) is 1. The van der Waals surface area contributed by atoms with Crippen LogP contribution in [0.4, 0.5) is 10.8 Å². The molecule has 0 aliphatic carbocycles. The number of rotatable bonds is 6. The summed E-state index contributed by atoms with van der Waals surface area (Å²) in [6.45, 7) is 1.85. The van der Waals surface area contributed by atoms with Crippen molar-refractivity contribution < 1.29 is 14.3 Å². The van der Waals surface area contributed by atoms with Gasteiger partial charge in [0.2, 0.25) is 0 Å². The molecule has 3 aromatic rings. The number of hydrogen-bond donors (Lipinski definition) is 3. The molecule has 1 amide bonds. The molecule has 7 nitrogen and oxygen atoms in total. The fourth-order valence-electron chi connectivity index (χ4n) is 2.35. The Hall–Kier alpha value is -2.84. The van der Waals surface area contributed by atoms with Gasteiger partial charge in [-0.15, -0.1) is 0 Å².